The van der Waals surface area contributed by atoms with Gasteiger partial charge in [0.25, 0.3) is 0 Å². The first-order valence-electron chi connectivity index (χ1n) is 5.77. The Morgan fingerprint density at radius 2 is 2.21 bits per heavy atom. The summed E-state index contributed by atoms with van der Waals surface area (Å²) in [7, 11) is 1.32. The minimum absolute atomic E-state index is 0.0871. The first-order chi connectivity index (χ1) is 9.11. The molecule has 0 aliphatic carbocycles. The molecular weight excluding hydrogens is 286 g/mol. The third-order valence-corrected chi connectivity index (χ3v) is 3.51. The number of nitrogens with one attached hydrogen (secondary N) is 1. The normalized spacial score (nSPS) is 10.0. The first-order valence-corrected chi connectivity index (χ1v) is 7.31. The largest absolute Gasteiger partial charge is 0.469 e. The number of thioether (sulfide) groups is 1. The highest BCUT2D eigenvalue weighted by Crippen LogP contribution is 2.16. The SMILES string of the molecule is COC(=O)CCNC(=O)CSCc1cccc(Cl)c1. The number of carbonyl (C=O) groups is 2. The third-order valence-electron chi connectivity index (χ3n) is 2.27. The van der Waals surface area contributed by atoms with Crippen molar-refractivity contribution in [1.29, 1.82) is 0 Å². The molecule has 0 atom stereocenters. The van der Waals surface area contributed by atoms with Gasteiger partial charge in [0.15, 0.2) is 0 Å². The maximum Gasteiger partial charge on any atom is 0.307 e. The van der Waals surface area contributed by atoms with Gasteiger partial charge in [0.05, 0.1) is 19.3 Å². The summed E-state index contributed by atoms with van der Waals surface area (Å²) in [4.78, 5) is 22.3. The molecule has 0 heterocycles. The first kappa shape index (κ1) is 15.9. The van der Waals surface area contributed by atoms with Crippen LogP contribution in [0, 0.1) is 0 Å². The number of hydrogen-bond acceptors (Lipinski definition) is 4. The van der Waals surface area contributed by atoms with E-state index in [1.54, 1.807) is 0 Å². The molecule has 0 fully saturated rings. The van der Waals surface area contributed by atoms with Gasteiger partial charge >= 0.3 is 5.97 Å². The van der Waals surface area contributed by atoms with Crippen molar-refractivity contribution in [1.82, 2.24) is 5.32 Å². The van der Waals surface area contributed by atoms with Crippen LogP contribution in [0.15, 0.2) is 24.3 Å². The number of ether oxygens (including phenoxy) is 1. The van der Waals surface area contributed by atoms with E-state index >= 15 is 0 Å². The van der Waals surface area contributed by atoms with Crippen molar-refractivity contribution in [3.8, 4) is 0 Å². The van der Waals surface area contributed by atoms with Crippen LogP contribution in [0.2, 0.25) is 5.02 Å². The van der Waals surface area contributed by atoms with Gasteiger partial charge in [-0.25, -0.2) is 0 Å². The maximum atomic E-state index is 11.5. The lowest BCUT2D eigenvalue weighted by molar-refractivity contribution is -0.140. The smallest absolute Gasteiger partial charge is 0.307 e. The molecule has 0 aliphatic rings. The summed E-state index contributed by atoms with van der Waals surface area (Å²) in [6, 6.07) is 7.54. The Balaban J connectivity index is 2.15. The fourth-order valence-electron chi connectivity index (χ4n) is 1.35. The van der Waals surface area contributed by atoms with Crippen LogP contribution < -0.4 is 5.32 Å². The summed E-state index contributed by atoms with van der Waals surface area (Å²) in [5, 5.41) is 3.35. The zero-order valence-electron chi connectivity index (χ0n) is 10.6. The molecule has 0 spiro atoms. The average molecular weight is 302 g/mol. The highest BCUT2D eigenvalue weighted by Gasteiger charge is 2.04. The van der Waals surface area contributed by atoms with Gasteiger partial charge in [-0.1, -0.05) is 23.7 Å². The Hall–Kier alpha value is -1.20. The molecule has 1 rings (SSSR count). The summed E-state index contributed by atoms with van der Waals surface area (Å²) in [6.45, 7) is 0.309. The van der Waals surface area contributed by atoms with Gasteiger partial charge in [0, 0.05) is 17.3 Å². The van der Waals surface area contributed by atoms with Crippen LogP contribution in [-0.4, -0.2) is 31.3 Å². The topological polar surface area (TPSA) is 55.4 Å². The average Bonchev–Trinajstić information content (AvgIpc) is 2.38. The van der Waals surface area contributed by atoms with Crippen molar-refractivity contribution in [2.45, 2.75) is 12.2 Å². The zero-order valence-corrected chi connectivity index (χ0v) is 12.2. The Morgan fingerprint density at radius 1 is 1.42 bits per heavy atom. The lowest BCUT2D eigenvalue weighted by Gasteiger charge is -2.05. The van der Waals surface area contributed by atoms with Gasteiger partial charge in [-0.2, -0.15) is 0 Å². The Kier molecular flexibility index (Phi) is 7.36. The number of esters is 1. The Morgan fingerprint density at radius 3 is 2.89 bits per heavy atom. The summed E-state index contributed by atoms with van der Waals surface area (Å²) >= 11 is 7.37. The number of amides is 1. The second-order valence-corrected chi connectivity index (χ2v) is 5.22. The van der Waals surface area contributed by atoms with E-state index in [4.69, 9.17) is 11.6 Å². The second kappa shape index (κ2) is 8.82. The molecule has 0 radical (unpaired) electrons. The molecule has 0 bridgehead atoms. The minimum atomic E-state index is -0.327. The van der Waals surface area contributed by atoms with Crippen LogP contribution in [0.3, 0.4) is 0 Å². The fraction of sp³-hybridized carbons (Fsp3) is 0.385. The lowest BCUT2D eigenvalue weighted by Crippen LogP contribution is -2.27. The van der Waals surface area contributed by atoms with Crippen LogP contribution in [0.5, 0.6) is 0 Å². The predicted molar refractivity (Wildman–Crippen MR) is 77.3 cm³/mol. The zero-order chi connectivity index (χ0) is 14.1. The van der Waals surface area contributed by atoms with Crippen molar-refractivity contribution < 1.29 is 14.3 Å². The van der Waals surface area contributed by atoms with Gasteiger partial charge in [-0.05, 0) is 17.7 Å². The third kappa shape index (κ3) is 7.08. The number of methoxy groups -OCH3 is 1. The second-order valence-electron chi connectivity index (χ2n) is 3.80. The van der Waals surface area contributed by atoms with Crippen molar-refractivity contribution in [2.24, 2.45) is 0 Å². The lowest BCUT2D eigenvalue weighted by atomic mass is 10.2. The van der Waals surface area contributed by atoms with Crippen molar-refractivity contribution in [3.05, 3.63) is 34.9 Å². The Labute approximate surface area is 121 Å². The highest BCUT2D eigenvalue weighted by atomic mass is 35.5. The molecule has 4 nitrogen and oxygen atoms in total. The van der Waals surface area contributed by atoms with E-state index in [2.05, 4.69) is 10.1 Å². The van der Waals surface area contributed by atoms with Gasteiger partial charge in [0.2, 0.25) is 5.91 Å². The van der Waals surface area contributed by atoms with E-state index in [1.807, 2.05) is 24.3 Å². The molecule has 0 saturated heterocycles. The molecule has 6 heteroatoms. The molecule has 0 saturated carbocycles. The van der Waals surface area contributed by atoms with Crippen molar-refractivity contribution in [2.75, 3.05) is 19.4 Å². The van der Waals surface area contributed by atoms with Crippen molar-refractivity contribution >= 4 is 35.2 Å². The van der Waals surface area contributed by atoms with Gasteiger partial charge in [0.1, 0.15) is 0 Å². The fourth-order valence-corrected chi connectivity index (χ4v) is 2.36. The van der Waals surface area contributed by atoms with Crippen molar-refractivity contribution in [3.63, 3.8) is 0 Å². The number of benzene rings is 1. The molecule has 0 aliphatic heterocycles. The maximum absolute atomic E-state index is 11.5. The van der Waals surface area contributed by atoms with Crippen LogP contribution in [0.1, 0.15) is 12.0 Å². The molecule has 104 valence electrons. The predicted octanol–water partition coefficient (Wildman–Crippen LogP) is 2.25. The summed E-state index contributed by atoms with van der Waals surface area (Å²) in [6.07, 6.45) is 0.196. The molecular formula is C13H16ClNO3S. The number of rotatable bonds is 7. The molecule has 0 unspecified atom stereocenters. The summed E-state index contributed by atoms with van der Waals surface area (Å²) < 4.78 is 4.47. The molecule has 19 heavy (non-hydrogen) atoms. The van der Waals surface area contributed by atoms with Gasteiger partial charge in [-0.15, -0.1) is 11.8 Å². The summed E-state index contributed by atoms with van der Waals surface area (Å²) in [5.41, 5.74) is 1.08. The van der Waals surface area contributed by atoms with E-state index in [-0.39, 0.29) is 18.3 Å². The molecule has 1 aromatic rings. The van der Waals surface area contributed by atoms with E-state index in [0.29, 0.717) is 17.3 Å². The number of carbonyl (C=O) groups excluding carboxylic acids is 2. The minimum Gasteiger partial charge on any atom is -0.469 e. The van der Waals surface area contributed by atoms with E-state index < -0.39 is 0 Å². The molecule has 1 amide bonds. The Bertz CT molecular complexity index is 440. The van der Waals surface area contributed by atoms with E-state index in [1.165, 1.54) is 18.9 Å². The number of halogens is 1. The van der Waals surface area contributed by atoms with Crippen LogP contribution >= 0.6 is 23.4 Å². The molecule has 0 aromatic heterocycles. The van der Waals surface area contributed by atoms with Crippen LogP contribution in [0.25, 0.3) is 0 Å². The standard InChI is InChI=1S/C13H16ClNO3S/c1-18-13(17)5-6-15-12(16)9-19-8-10-3-2-4-11(14)7-10/h2-4,7H,5-6,8-9H2,1H3,(H,15,16). The van der Waals surface area contributed by atoms with Gasteiger partial charge in [-0.3, -0.25) is 9.59 Å². The summed E-state index contributed by atoms with van der Waals surface area (Å²) in [5.74, 6) is 0.668. The molecule has 1 aromatic carbocycles. The van der Waals surface area contributed by atoms with Crippen LogP contribution in [-0.2, 0) is 20.1 Å². The van der Waals surface area contributed by atoms with E-state index in [9.17, 15) is 9.59 Å². The quantitative estimate of drug-likeness (QED) is 0.785. The van der Waals surface area contributed by atoms with E-state index in [0.717, 1.165) is 11.3 Å². The highest BCUT2D eigenvalue weighted by molar-refractivity contribution is 7.99. The number of hydrogen-bond donors (Lipinski definition) is 1. The van der Waals surface area contributed by atoms with Crippen LogP contribution in [0.4, 0.5) is 0 Å². The monoisotopic (exact) mass is 301 g/mol. The molecule has 1 N–H and O–H groups in total. The van der Waals surface area contributed by atoms with Gasteiger partial charge < -0.3 is 10.1 Å².